The molecule has 1 atom stereocenters. The first kappa shape index (κ1) is 12.5. The molecule has 0 radical (unpaired) electrons. The monoisotopic (exact) mass is 268 g/mol. The number of amides is 1. The van der Waals surface area contributed by atoms with Crippen LogP contribution in [0, 0.1) is 0 Å². The fourth-order valence-corrected chi connectivity index (χ4v) is 3.74. The van der Waals surface area contributed by atoms with E-state index in [0.29, 0.717) is 6.54 Å². The molecule has 0 aromatic carbocycles. The largest absolute Gasteiger partial charge is 0.347 e. The summed E-state index contributed by atoms with van der Waals surface area (Å²) in [5.74, 6) is 0.00213. The molecule has 3 N–H and O–H groups in total. The molecule has 0 aliphatic heterocycles. The lowest BCUT2D eigenvalue weighted by Crippen LogP contribution is -2.39. The summed E-state index contributed by atoms with van der Waals surface area (Å²) in [6.45, 7) is 2.59. The second-order valence-corrected chi connectivity index (χ2v) is 5.99. The first-order valence-corrected chi connectivity index (χ1v) is 7.42. The number of fused-ring (bicyclic) bond motifs is 1. The second-order valence-electron chi connectivity index (χ2n) is 3.95. The second kappa shape index (κ2) is 5.62. The Kier molecular flexibility index (Phi) is 4.15. The Morgan fingerprint density at radius 1 is 1.53 bits per heavy atom. The molecule has 92 valence electrons. The Morgan fingerprint density at radius 2 is 2.35 bits per heavy atom. The molecule has 17 heavy (non-hydrogen) atoms. The molecule has 0 saturated heterocycles. The van der Waals surface area contributed by atoms with Crippen LogP contribution in [0.1, 0.15) is 29.4 Å². The van der Waals surface area contributed by atoms with Crippen molar-refractivity contribution in [1.29, 1.82) is 0 Å². The van der Waals surface area contributed by atoms with Crippen LogP contribution in [0.15, 0.2) is 17.5 Å². The van der Waals surface area contributed by atoms with Crippen molar-refractivity contribution in [3.63, 3.8) is 0 Å². The standard InChI is InChI=1S/C12H16N2OS2/c1-2-3-8(7-13)14-12(15)11-6-10-9(17-11)4-5-16-10/h4-6,8H,2-3,7,13H2,1H3,(H,14,15). The zero-order valence-corrected chi connectivity index (χ0v) is 11.4. The van der Waals surface area contributed by atoms with Crippen LogP contribution >= 0.6 is 22.7 Å². The summed E-state index contributed by atoms with van der Waals surface area (Å²) in [4.78, 5) is 12.8. The minimum Gasteiger partial charge on any atom is -0.347 e. The van der Waals surface area contributed by atoms with Gasteiger partial charge < -0.3 is 11.1 Å². The van der Waals surface area contributed by atoms with E-state index in [1.165, 1.54) is 9.40 Å². The lowest BCUT2D eigenvalue weighted by atomic mass is 10.1. The van der Waals surface area contributed by atoms with Gasteiger partial charge >= 0.3 is 0 Å². The van der Waals surface area contributed by atoms with Gasteiger partial charge in [0.2, 0.25) is 0 Å². The molecule has 0 fully saturated rings. The van der Waals surface area contributed by atoms with Crippen molar-refractivity contribution in [2.75, 3.05) is 6.54 Å². The van der Waals surface area contributed by atoms with Gasteiger partial charge in [0, 0.05) is 22.0 Å². The normalized spacial score (nSPS) is 12.8. The minimum absolute atomic E-state index is 0.00213. The lowest BCUT2D eigenvalue weighted by Gasteiger charge is -2.14. The fourth-order valence-electron chi connectivity index (χ4n) is 1.73. The van der Waals surface area contributed by atoms with E-state index in [1.807, 2.05) is 17.5 Å². The van der Waals surface area contributed by atoms with Crippen molar-refractivity contribution >= 4 is 38.0 Å². The molecule has 2 heterocycles. The van der Waals surface area contributed by atoms with Crippen LogP contribution < -0.4 is 11.1 Å². The Labute approximate surface area is 109 Å². The topological polar surface area (TPSA) is 55.1 Å². The molecule has 2 rings (SSSR count). The van der Waals surface area contributed by atoms with Crippen molar-refractivity contribution in [2.45, 2.75) is 25.8 Å². The summed E-state index contributed by atoms with van der Waals surface area (Å²) >= 11 is 3.21. The van der Waals surface area contributed by atoms with E-state index in [2.05, 4.69) is 12.2 Å². The Hall–Kier alpha value is -0.910. The van der Waals surface area contributed by atoms with Gasteiger partial charge in [-0.05, 0) is 23.9 Å². The third-order valence-corrected chi connectivity index (χ3v) is 4.71. The zero-order chi connectivity index (χ0) is 12.3. The molecule has 5 heteroatoms. The summed E-state index contributed by atoms with van der Waals surface area (Å²) in [5.41, 5.74) is 5.63. The predicted octanol–water partition coefficient (Wildman–Crippen LogP) is 2.82. The van der Waals surface area contributed by atoms with Gasteiger partial charge in [-0.15, -0.1) is 22.7 Å². The van der Waals surface area contributed by atoms with Gasteiger partial charge in [0.1, 0.15) is 0 Å². The number of carbonyl (C=O) groups excluding carboxylic acids is 1. The lowest BCUT2D eigenvalue weighted by molar-refractivity contribution is 0.0940. The van der Waals surface area contributed by atoms with Crippen LogP contribution in [-0.4, -0.2) is 18.5 Å². The SMILES string of the molecule is CCCC(CN)NC(=O)c1cc2sccc2s1. The smallest absolute Gasteiger partial charge is 0.261 e. The number of thiophene rings is 2. The summed E-state index contributed by atoms with van der Waals surface area (Å²) in [7, 11) is 0. The maximum Gasteiger partial charge on any atom is 0.261 e. The number of nitrogens with one attached hydrogen (secondary N) is 1. The van der Waals surface area contributed by atoms with Crippen molar-refractivity contribution in [3.8, 4) is 0 Å². The van der Waals surface area contributed by atoms with E-state index in [1.54, 1.807) is 22.7 Å². The third-order valence-electron chi connectivity index (χ3n) is 2.62. The van der Waals surface area contributed by atoms with Gasteiger partial charge in [0.15, 0.2) is 0 Å². The number of hydrogen-bond donors (Lipinski definition) is 2. The van der Waals surface area contributed by atoms with Gasteiger partial charge in [-0.1, -0.05) is 13.3 Å². The number of carbonyl (C=O) groups is 1. The van der Waals surface area contributed by atoms with E-state index < -0.39 is 0 Å². The maximum atomic E-state index is 12.0. The first-order chi connectivity index (χ1) is 8.24. The Morgan fingerprint density at radius 3 is 3.00 bits per heavy atom. The molecule has 1 amide bonds. The summed E-state index contributed by atoms with van der Waals surface area (Å²) in [6.07, 6.45) is 1.96. The van der Waals surface area contributed by atoms with E-state index in [9.17, 15) is 4.79 Å². The van der Waals surface area contributed by atoms with E-state index in [4.69, 9.17) is 5.73 Å². The third kappa shape index (κ3) is 2.86. The molecule has 0 saturated carbocycles. The van der Waals surface area contributed by atoms with E-state index >= 15 is 0 Å². The van der Waals surface area contributed by atoms with Crippen LogP contribution in [0.2, 0.25) is 0 Å². The van der Waals surface area contributed by atoms with Crippen molar-refractivity contribution < 1.29 is 4.79 Å². The van der Waals surface area contributed by atoms with Crippen LogP contribution in [-0.2, 0) is 0 Å². The average molecular weight is 268 g/mol. The van der Waals surface area contributed by atoms with Crippen molar-refractivity contribution in [2.24, 2.45) is 5.73 Å². The molecule has 2 aromatic heterocycles. The summed E-state index contributed by atoms with van der Waals surface area (Å²) in [6, 6.07) is 4.10. The van der Waals surface area contributed by atoms with Gasteiger partial charge in [-0.3, -0.25) is 4.79 Å². The van der Waals surface area contributed by atoms with Gasteiger partial charge in [-0.25, -0.2) is 0 Å². The molecule has 3 nitrogen and oxygen atoms in total. The highest BCUT2D eigenvalue weighted by atomic mass is 32.1. The van der Waals surface area contributed by atoms with Gasteiger partial charge in [0.25, 0.3) is 5.91 Å². The molecular weight excluding hydrogens is 252 g/mol. The molecule has 2 aromatic rings. The highest BCUT2D eigenvalue weighted by Crippen LogP contribution is 2.29. The van der Waals surface area contributed by atoms with Crippen molar-refractivity contribution in [3.05, 3.63) is 22.4 Å². The Bertz CT molecular complexity index is 475. The van der Waals surface area contributed by atoms with Crippen LogP contribution in [0.4, 0.5) is 0 Å². The van der Waals surface area contributed by atoms with Crippen LogP contribution in [0.3, 0.4) is 0 Å². The molecule has 0 aliphatic rings. The van der Waals surface area contributed by atoms with Gasteiger partial charge in [-0.2, -0.15) is 0 Å². The van der Waals surface area contributed by atoms with Crippen molar-refractivity contribution in [1.82, 2.24) is 5.32 Å². The zero-order valence-electron chi connectivity index (χ0n) is 9.73. The minimum atomic E-state index is 0.00213. The van der Waals surface area contributed by atoms with E-state index in [-0.39, 0.29) is 11.9 Å². The Balaban J connectivity index is 2.06. The van der Waals surface area contributed by atoms with E-state index in [0.717, 1.165) is 17.7 Å². The van der Waals surface area contributed by atoms with Gasteiger partial charge in [0.05, 0.1) is 4.88 Å². The fraction of sp³-hybridized carbons (Fsp3) is 0.417. The summed E-state index contributed by atoms with van der Waals surface area (Å²) < 4.78 is 2.36. The molecule has 0 bridgehead atoms. The predicted molar refractivity (Wildman–Crippen MR) is 74.9 cm³/mol. The highest BCUT2D eigenvalue weighted by molar-refractivity contribution is 7.27. The average Bonchev–Trinajstić information content (AvgIpc) is 2.88. The van der Waals surface area contributed by atoms with Crippen LogP contribution in [0.5, 0.6) is 0 Å². The molecule has 0 aliphatic carbocycles. The highest BCUT2D eigenvalue weighted by Gasteiger charge is 2.14. The number of hydrogen-bond acceptors (Lipinski definition) is 4. The number of nitrogens with two attached hydrogens (primary N) is 1. The summed E-state index contributed by atoms with van der Waals surface area (Å²) in [5, 5.41) is 5.03. The van der Waals surface area contributed by atoms with Crippen LogP contribution in [0.25, 0.3) is 9.40 Å². The molecular formula is C12H16N2OS2. The molecule has 0 spiro atoms. The number of rotatable bonds is 5. The quantitative estimate of drug-likeness (QED) is 0.876. The molecule has 1 unspecified atom stereocenters. The first-order valence-electron chi connectivity index (χ1n) is 5.72. The maximum absolute atomic E-state index is 12.0.